The molecule has 1 unspecified atom stereocenters. The third-order valence-electron chi connectivity index (χ3n) is 5.47. The first-order chi connectivity index (χ1) is 14.3. The molecule has 1 aromatic carbocycles. The van der Waals surface area contributed by atoms with Crippen molar-refractivity contribution in [3.8, 4) is 5.75 Å². The molecule has 1 aliphatic heterocycles. The molecule has 2 aromatic rings. The number of rotatable bonds is 5. The van der Waals surface area contributed by atoms with E-state index >= 15 is 0 Å². The SMILES string of the molecule is O=C(Nc1cnoc1)N1CCC(=Cc2cccc(OCC3CC=CCC3)c2)CC1. The molecule has 1 saturated heterocycles. The van der Waals surface area contributed by atoms with Gasteiger partial charge in [-0.25, -0.2) is 4.79 Å². The van der Waals surface area contributed by atoms with E-state index in [4.69, 9.17) is 9.26 Å². The summed E-state index contributed by atoms with van der Waals surface area (Å²) in [6, 6.07) is 8.17. The Balaban J connectivity index is 1.28. The Morgan fingerprint density at radius 3 is 2.97 bits per heavy atom. The second kappa shape index (κ2) is 9.45. The van der Waals surface area contributed by atoms with Crippen LogP contribution in [-0.2, 0) is 0 Å². The average molecular weight is 393 g/mol. The van der Waals surface area contributed by atoms with Gasteiger partial charge in [-0.2, -0.15) is 0 Å². The zero-order valence-electron chi connectivity index (χ0n) is 16.5. The van der Waals surface area contributed by atoms with Crippen molar-refractivity contribution in [3.63, 3.8) is 0 Å². The second-order valence-electron chi connectivity index (χ2n) is 7.67. The molecule has 1 aromatic heterocycles. The van der Waals surface area contributed by atoms with Crippen molar-refractivity contribution in [2.24, 2.45) is 5.92 Å². The van der Waals surface area contributed by atoms with Gasteiger partial charge in [-0.3, -0.25) is 0 Å². The minimum atomic E-state index is -0.111. The number of nitrogens with one attached hydrogen (secondary N) is 1. The maximum absolute atomic E-state index is 12.3. The summed E-state index contributed by atoms with van der Waals surface area (Å²) in [5.41, 5.74) is 3.09. The van der Waals surface area contributed by atoms with Gasteiger partial charge in [0.2, 0.25) is 0 Å². The van der Waals surface area contributed by atoms with Crippen LogP contribution >= 0.6 is 0 Å². The van der Waals surface area contributed by atoms with Crippen LogP contribution < -0.4 is 10.1 Å². The molecule has 2 aliphatic rings. The van der Waals surface area contributed by atoms with Crippen molar-refractivity contribution in [1.29, 1.82) is 0 Å². The van der Waals surface area contributed by atoms with E-state index in [1.54, 1.807) is 0 Å². The molecule has 1 fully saturated rings. The maximum atomic E-state index is 12.3. The summed E-state index contributed by atoms with van der Waals surface area (Å²) >= 11 is 0. The lowest BCUT2D eigenvalue weighted by Crippen LogP contribution is -2.39. The predicted octanol–water partition coefficient (Wildman–Crippen LogP) is 5.12. The highest BCUT2D eigenvalue weighted by Crippen LogP contribution is 2.24. The molecule has 29 heavy (non-hydrogen) atoms. The first-order valence-corrected chi connectivity index (χ1v) is 10.3. The number of carbonyl (C=O) groups is 1. The Kier molecular flexibility index (Phi) is 6.29. The van der Waals surface area contributed by atoms with Gasteiger partial charge in [-0.15, -0.1) is 0 Å². The zero-order chi connectivity index (χ0) is 19.9. The topological polar surface area (TPSA) is 67.6 Å². The van der Waals surface area contributed by atoms with Crippen LogP contribution in [0.5, 0.6) is 5.75 Å². The molecule has 2 amide bonds. The van der Waals surface area contributed by atoms with E-state index in [0.717, 1.165) is 43.6 Å². The minimum Gasteiger partial charge on any atom is -0.493 e. The number of amides is 2. The lowest BCUT2D eigenvalue weighted by atomic mass is 9.95. The molecule has 152 valence electrons. The van der Waals surface area contributed by atoms with Gasteiger partial charge in [0.1, 0.15) is 17.7 Å². The molecule has 2 heterocycles. The first-order valence-electron chi connectivity index (χ1n) is 10.3. The number of allylic oxidation sites excluding steroid dienone is 2. The highest BCUT2D eigenvalue weighted by Gasteiger charge is 2.19. The second-order valence-corrected chi connectivity index (χ2v) is 7.67. The quantitative estimate of drug-likeness (QED) is 0.716. The first kappa shape index (κ1) is 19.3. The molecule has 4 rings (SSSR count). The summed E-state index contributed by atoms with van der Waals surface area (Å²) in [5, 5.41) is 6.39. The number of ether oxygens (including phenoxy) is 1. The van der Waals surface area contributed by atoms with Crippen molar-refractivity contribution in [3.05, 3.63) is 60.0 Å². The fourth-order valence-corrected chi connectivity index (χ4v) is 3.76. The van der Waals surface area contributed by atoms with E-state index in [-0.39, 0.29) is 6.03 Å². The summed E-state index contributed by atoms with van der Waals surface area (Å²) < 4.78 is 10.8. The highest BCUT2D eigenvalue weighted by atomic mass is 16.5. The van der Waals surface area contributed by atoms with E-state index in [1.807, 2.05) is 17.0 Å². The molecular weight excluding hydrogens is 366 g/mol. The molecule has 1 atom stereocenters. The van der Waals surface area contributed by atoms with Crippen LogP contribution in [0.15, 0.2) is 59.0 Å². The number of anilines is 1. The lowest BCUT2D eigenvalue weighted by Gasteiger charge is -2.28. The zero-order valence-corrected chi connectivity index (χ0v) is 16.5. The summed E-state index contributed by atoms with van der Waals surface area (Å²) in [4.78, 5) is 14.1. The van der Waals surface area contributed by atoms with E-state index in [1.165, 1.54) is 24.5 Å². The van der Waals surface area contributed by atoms with Gasteiger partial charge in [0.05, 0.1) is 12.8 Å². The summed E-state index contributed by atoms with van der Waals surface area (Å²) in [5.74, 6) is 1.55. The molecule has 0 radical (unpaired) electrons. The number of carbonyl (C=O) groups excluding carboxylic acids is 1. The summed E-state index contributed by atoms with van der Waals surface area (Å²) in [7, 11) is 0. The van der Waals surface area contributed by atoms with Crippen LogP contribution in [-0.4, -0.2) is 35.8 Å². The van der Waals surface area contributed by atoms with Gasteiger partial charge in [-0.05, 0) is 55.7 Å². The number of aromatic nitrogens is 1. The van der Waals surface area contributed by atoms with Crippen LogP contribution in [0, 0.1) is 5.92 Å². The molecule has 6 nitrogen and oxygen atoms in total. The smallest absolute Gasteiger partial charge is 0.321 e. The Morgan fingerprint density at radius 2 is 2.21 bits per heavy atom. The molecule has 0 saturated carbocycles. The number of nitrogens with zero attached hydrogens (tertiary/aromatic N) is 2. The van der Waals surface area contributed by atoms with Crippen LogP contribution in [0.1, 0.15) is 37.7 Å². The third-order valence-corrected chi connectivity index (χ3v) is 5.47. The molecular formula is C23H27N3O3. The van der Waals surface area contributed by atoms with Gasteiger partial charge in [0.25, 0.3) is 0 Å². The molecule has 6 heteroatoms. The molecule has 0 bridgehead atoms. The van der Waals surface area contributed by atoms with Crippen LogP contribution in [0.2, 0.25) is 0 Å². The van der Waals surface area contributed by atoms with Crippen molar-refractivity contribution < 1.29 is 14.1 Å². The maximum Gasteiger partial charge on any atom is 0.321 e. The van der Waals surface area contributed by atoms with Crippen LogP contribution in [0.4, 0.5) is 10.5 Å². The lowest BCUT2D eigenvalue weighted by molar-refractivity contribution is 0.208. The Hall–Kier alpha value is -3.02. The fraction of sp³-hybridized carbons (Fsp3) is 0.391. The molecule has 0 spiro atoms. The van der Waals surface area contributed by atoms with Gasteiger partial charge >= 0.3 is 6.03 Å². The third kappa shape index (κ3) is 5.50. The Morgan fingerprint density at radius 1 is 1.31 bits per heavy atom. The molecule has 1 N–H and O–H groups in total. The van der Waals surface area contributed by atoms with E-state index in [2.05, 4.69) is 40.8 Å². The average Bonchev–Trinajstić information content (AvgIpc) is 3.27. The summed E-state index contributed by atoms with van der Waals surface area (Å²) in [6.45, 7) is 2.18. The fourth-order valence-electron chi connectivity index (χ4n) is 3.76. The van der Waals surface area contributed by atoms with Gasteiger partial charge in [-0.1, -0.05) is 41.1 Å². The number of hydrogen-bond donors (Lipinski definition) is 1. The van der Waals surface area contributed by atoms with Crippen molar-refractivity contribution >= 4 is 17.8 Å². The number of urea groups is 1. The predicted molar refractivity (Wildman–Crippen MR) is 113 cm³/mol. The van der Waals surface area contributed by atoms with Crippen LogP contribution in [0.25, 0.3) is 6.08 Å². The van der Waals surface area contributed by atoms with E-state index in [9.17, 15) is 4.79 Å². The Bertz CT molecular complexity index is 863. The van der Waals surface area contributed by atoms with Gasteiger partial charge in [0, 0.05) is 13.1 Å². The largest absolute Gasteiger partial charge is 0.493 e. The van der Waals surface area contributed by atoms with Crippen molar-refractivity contribution in [1.82, 2.24) is 10.1 Å². The normalized spacial score (nSPS) is 19.1. The van der Waals surface area contributed by atoms with Crippen molar-refractivity contribution in [2.45, 2.75) is 32.1 Å². The molecule has 1 aliphatic carbocycles. The Labute approximate surface area is 171 Å². The van der Waals surface area contributed by atoms with Crippen molar-refractivity contribution in [2.75, 3.05) is 25.0 Å². The van der Waals surface area contributed by atoms with Gasteiger partial charge in [0.15, 0.2) is 0 Å². The number of piperidine rings is 1. The number of hydrogen-bond acceptors (Lipinski definition) is 4. The standard InChI is InChI=1S/C23H27N3O3/c27-23(25-21-15-24-29-17-21)26-11-9-18(10-12-26)13-20-7-4-8-22(14-20)28-16-19-5-2-1-3-6-19/h1-2,4,7-8,13-15,17,19H,3,5-6,9-12,16H2,(H,25,27). The van der Waals surface area contributed by atoms with E-state index < -0.39 is 0 Å². The highest BCUT2D eigenvalue weighted by molar-refractivity contribution is 5.89. The summed E-state index contributed by atoms with van der Waals surface area (Å²) in [6.07, 6.45) is 14.9. The minimum absolute atomic E-state index is 0.111. The number of likely N-dealkylation sites (tertiary alicyclic amines) is 1. The van der Waals surface area contributed by atoms with Gasteiger partial charge < -0.3 is 19.5 Å². The van der Waals surface area contributed by atoms with Crippen LogP contribution in [0.3, 0.4) is 0 Å². The number of benzene rings is 1. The van der Waals surface area contributed by atoms with E-state index in [0.29, 0.717) is 24.7 Å². The monoisotopic (exact) mass is 393 g/mol.